The first kappa shape index (κ1) is 13.9. The van der Waals surface area contributed by atoms with Crippen LogP contribution in [0.15, 0.2) is 0 Å². The molecule has 0 aliphatic rings. The zero-order valence-electron chi connectivity index (χ0n) is 10.1. The van der Waals surface area contributed by atoms with Crippen LogP contribution in [-0.4, -0.2) is 36.5 Å². The van der Waals surface area contributed by atoms with Gasteiger partial charge in [0, 0.05) is 20.0 Å². The van der Waals surface area contributed by atoms with Crippen molar-refractivity contribution in [3.8, 4) is 0 Å². The molecule has 0 heterocycles. The van der Waals surface area contributed by atoms with E-state index in [1.165, 1.54) is 6.92 Å². The number of esters is 1. The van der Waals surface area contributed by atoms with Gasteiger partial charge in [0.25, 0.3) is 0 Å². The second kappa shape index (κ2) is 7.26. The lowest BCUT2D eigenvalue weighted by molar-refractivity contribution is -0.144. The van der Waals surface area contributed by atoms with Crippen LogP contribution in [0.2, 0.25) is 0 Å². The standard InChI is InChI=1S/C11H21NO3/c1-5-15-11(14)6-7-12(10(4)13)8-9(2)3/h9H,5-8H2,1-4H3. The highest BCUT2D eigenvalue weighted by molar-refractivity contribution is 5.75. The van der Waals surface area contributed by atoms with E-state index in [4.69, 9.17) is 4.74 Å². The van der Waals surface area contributed by atoms with Gasteiger partial charge >= 0.3 is 5.97 Å². The smallest absolute Gasteiger partial charge is 0.307 e. The van der Waals surface area contributed by atoms with Gasteiger partial charge in [-0.2, -0.15) is 0 Å². The highest BCUT2D eigenvalue weighted by Crippen LogP contribution is 2.01. The van der Waals surface area contributed by atoms with Crippen LogP contribution in [0.1, 0.15) is 34.1 Å². The van der Waals surface area contributed by atoms with E-state index >= 15 is 0 Å². The van der Waals surface area contributed by atoms with Crippen LogP contribution in [0.4, 0.5) is 0 Å². The molecule has 0 rings (SSSR count). The van der Waals surface area contributed by atoms with Crippen molar-refractivity contribution in [2.75, 3.05) is 19.7 Å². The Bertz CT molecular complexity index is 214. The number of hydrogen-bond acceptors (Lipinski definition) is 3. The van der Waals surface area contributed by atoms with Crippen LogP contribution in [-0.2, 0) is 14.3 Å². The summed E-state index contributed by atoms with van der Waals surface area (Å²) in [5.74, 6) is 0.177. The molecule has 15 heavy (non-hydrogen) atoms. The zero-order valence-corrected chi connectivity index (χ0v) is 10.1. The lowest BCUT2D eigenvalue weighted by atomic mass is 10.2. The average molecular weight is 215 g/mol. The van der Waals surface area contributed by atoms with E-state index in [2.05, 4.69) is 0 Å². The highest BCUT2D eigenvalue weighted by Gasteiger charge is 2.12. The van der Waals surface area contributed by atoms with E-state index in [0.29, 0.717) is 25.6 Å². The highest BCUT2D eigenvalue weighted by atomic mass is 16.5. The van der Waals surface area contributed by atoms with Crippen molar-refractivity contribution in [1.82, 2.24) is 4.90 Å². The molecule has 0 aromatic heterocycles. The lowest BCUT2D eigenvalue weighted by Crippen LogP contribution is -2.34. The number of carbonyl (C=O) groups is 2. The topological polar surface area (TPSA) is 46.6 Å². The maximum absolute atomic E-state index is 11.2. The van der Waals surface area contributed by atoms with Gasteiger partial charge in [-0.05, 0) is 12.8 Å². The Hall–Kier alpha value is -1.06. The lowest BCUT2D eigenvalue weighted by Gasteiger charge is -2.22. The Morgan fingerprint density at radius 1 is 1.33 bits per heavy atom. The molecule has 0 aromatic carbocycles. The molecule has 4 nitrogen and oxygen atoms in total. The fourth-order valence-corrected chi connectivity index (χ4v) is 1.28. The molecule has 0 aliphatic heterocycles. The molecule has 0 atom stereocenters. The molecule has 0 saturated heterocycles. The van der Waals surface area contributed by atoms with Gasteiger partial charge in [-0.1, -0.05) is 13.8 Å². The summed E-state index contributed by atoms with van der Waals surface area (Å²) in [5.41, 5.74) is 0. The maximum Gasteiger partial charge on any atom is 0.307 e. The summed E-state index contributed by atoms with van der Waals surface area (Å²) < 4.78 is 4.80. The molecule has 0 bridgehead atoms. The Balaban J connectivity index is 3.96. The van der Waals surface area contributed by atoms with Gasteiger partial charge < -0.3 is 9.64 Å². The van der Waals surface area contributed by atoms with Gasteiger partial charge in [0.05, 0.1) is 13.0 Å². The second-order valence-electron chi connectivity index (χ2n) is 3.91. The van der Waals surface area contributed by atoms with Crippen LogP contribution >= 0.6 is 0 Å². The molecule has 0 fully saturated rings. The quantitative estimate of drug-likeness (QED) is 0.630. The number of hydrogen-bond donors (Lipinski definition) is 0. The summed E-state index contributed by atoms with van der Waals surface area (Å²) in [6.07, 6.45) is 0.278. The van der Waals surface area contributed by atoms with Crippen molar-refractivity contribution in [3.05, 3.63) is 0 Å². The Kier molecular flexibility index (Phi) is 6.75. The summed E-state index contributed by atoms with van der Waals surface area (Å²) in [7, 11) is 0. The van der Waals surface area contributed by atoms with Crippen LogP contribution in [0.3, 0.4) is 0 Å². The van der Waals surface area contributed by atoms with Gasteiger partial charge in [0.15, 0.2) is 0 Å². The molecule has 0 aromatic rings. The molecular weight excluding hydrogens is 194 g/mol. The third-order valence-corrected chi connectivity index (χ3v) is 1.92. The maximum atomic E-state index is 11.2. The van der Waals surface area contributed by atoms with Gasteiger partial charge in [-0.25, -0.2) is 0 Å². The summed E-state index contributed by atoms with van der Waals surface area (Å²) >= 11 is 0. The van der Waals surface area contributed by atoms with E-state index in [9.17, 15) is 9.59 Å². The van der Waals surface area contributed by atoms with Crippen molar-refractivity contribution >= 4 is 11.9 Å². The molecule has 0 aliphatic carbocycles. The molecule has 88 valence electrons. The molecule has 0 N–H and O–H groups in total. The number of carbonyl (C=O) groups excluding carboxylic acids is 2. The second-order valence-corrected chi connectivity index (χ2v) is 3.91. The van der Waals surface area contributed by atoms with Crippen molar-refractivity contribution in [2.24, 2.45) is 5.92 Å². The molecule has 0 unspecified atom stereocenters. The summed E-state index contributed by atoms with van der Waals surface area (Å²) in [6.45, 7) is 8.91. The Labute approximate surface area is 91.6 Å². The van der Waals surface area contributed by atoms with Crippen molar-refractivity contribution in [3.63, 3.8) is 0 Å². The van der Waals surface area contributed by atoms with Crippen LogP contribution in [0, 0.1) is 5.92 Å². The number of nitrogens with zero attached hydrogens (tertiary/aromatic N) is 1. The van der Waals surface area contributed by atoms with Crippen molar-refractivity contribution in [2.45, 2.75) is 34.1 Å². The fourth-order valence-electron chi connectivity index (χ4n) is 1.28. The minimum Gasteiger partial charge on any atom is -0.466 e. The fraction of sp³-hybridized carbons (Fsp3) is 0.818. The minimum atomic E-state index is -0.243. The van der Waals surface area contributed by atoms with Crippen molar-refractivity contribution < 1.29 is 14.3 Å². The molecule has 1 amide bonds. The summed E-state index contributed by atoms with van der Waals surface area (Å²) in [6, 6.07) is 0. The summed E-state index contributed by atoms with van der Waals surface area (Å²) in [4.78, 5) is 24.0. The monoisotopic (exact) mass is 215 g/mol. The van der Waals surface area contributed by atoms with E-state index in [0.717, 1.165) is 0 Å². The van der Waals surface area contributed by atoms with Crippen LogP contribution in [0.25, 0.3) is 0 Å². The van der Waals surface area contributed by atoms with Gasteiger partial charge in [-0.3, -0.25) is 9.59 Å². The van der Waals surface area contributed by atoms with Crippen LogP contribution in [0.5, 0.6) is 0 Å². The molecule has 0 saturated carbocycles. The van der Waals surface area contributed by atoms with Gasteiger partial charge in [0.1, 0.15) is 0 Å². The van der Waals surface area contributed by atoms with Gasteiger partial charge in [0.2, 0.25) is 5.91 Å². The predicted molar refractivity (Wildman–Crippen MR) is 58.3 cm³/mol. The molecule has 4 heteroatoms. The Morgan fingerprint density at radius 3 is 2.33 bits per heavy atom. The van der Waals surface area contributed by atoms with Crippen molar-refractivity contribution in [1.29, 1.82) is 0 Å². The number of amides is 1. The molecule has 0 spiro atoms. The SMILES string of the molecule is CCOC(=O)CCN(CC(C)C)C(C)=O. The number of rotatable bonds is 6. The van der Waals surface area contributed by atoms with Gasteiger partial charge in [-0.15, -0.1) is 0 Å². The first-order valence-electron chi connectivity index (χ1n) is 5.38. The minimum absolute atomic E-state index is 0.00741. The molecular formula is C11H21NO3. The third kappa shape index (κ3) is 6.94. The number of ether oxygens (including phenoxy) is 1. The van der Waals surface area contributed by atoms with E-state index in [-0.39, 0.29) is 18.3 Å². The first-order valence-corrected chi connectivity index (χ1v) is 5.38. The zero-order chi connectivity index (χ0) is 11.8. The largest absolute Gasteiger partial charge is 0.466 e. The Morgan fingerprint density at radius 2 is 1.93 bits per heavy atom. The van der Waals surface area contributed by atoms with Crippen LogP contribution < -0.4 is 0 Å². The van der Waals surface area contributed by atoms with E-state index in [1.807, 2.05) is 13.8 Å². The third-order valence-electron chi connectivity index (χ3n) is 1.92. The first-order chi connectivity index (χ1) is 6.97. The van der Waals surface area contributed by atoms with E-state index in [1.54, 1.807) is 11.8 Å². The normalized spacial score (nSPS) is 10.2. The predicted octanol–water partition coefficient (Wildman–Crippen LogP) is 1.44. The average Bonchev–Trinajstić information content (AvgIpc) is 2.11. The summed E-state index contributed by atoms with van der Waals surface area (Å²) in [5, 5.41) is 0. The molecule has 0 radical (unpaired) electrons. The van der Waals surface area contributed by atoms with E-state index < -0.39 is 0 Å².